The zero-order chi connectivity index (χ0) is 10.8. The summed E-state index contributed by atoms with van der Waals surface area (Å²) in [6.07, 6.45) is 0. The van der Waals surface area contributed by atoms with Crippen LogP contribution in [0.25, 0.3) is 5.69 Å². The minimum Gasteiger partial charge on any atom is -0.324 e. The minimum absolute atomic E-state index is 0.117. The standard InChI is InChI=1S/C8H7F2N5/c9-6-2-1-5(3-7(6)10)15-8(4-11)12-13-14-15/h1-3H,4,11H2. The zero-order valence-electron chi connectivity index (χ0n) is 7.56. The summed E-state index contributed by atoms with van der Waals surface area (Å²) in [5, 5.41) is 10.6. The lowest BCUT2D eigenvalue weighted by Gasteiger charge is -2.02. The summed E-state index contributed by atoms with van der Waals surface area (Å²) in [5.41, 5.74) is 5.70. The third-order valence-corrected chi connectivity index (χ3v) is 1.86. The number of hydrogen-bond acceptors (Lipinski definition) is 4. The molecule has 0 aliphatic heterocycles. The van der Waals surface area contributed by atoms with Crippen molar-refractivity contribution < 1.29 is 8.78 Å². The normalized spacial score (nSPS) is 10.6. The summed E-state index contributed by atoms with van der Waals surface area (Å²) < 4.78 is 26.8. The minimum atomic E-state index is -0.953. The van der Waals surface area contributed by atoms with Crippen molar-refractivity contribution in [2.24, 2.45) is 5.73 Å². The first-order valence-corrected chi connectivity index (χ1v) is 4.15. The number of benzene rings is 1. The van der Waals surface area contributed by atoms with E-state index in [4.69, 9.17) is 5.73 Å². The lowest BCUT2D eigenvalue weighted by molar-refractivity contribution is 0.507. The quantitative estimate of drug-likeness (QED) is 0.780. The molecule has 1 aromatic carbocycles. The van der Waals surface area contributed by atoms with Gasteiger partial charge in [0, 0.05) is 6.07 Å². The molecule has 1 aromatic heterocycles. The molecule has 7 heteroatoms. The largest absolute Gasteiger partial charge is 0.324 e. The first kappa shape index (κ1) is 9.66. The van der Waals surface area contributed by atoms with Crippen molar-refractivity contribution in [3.63, 3.8) is 0 Å². The molecular formula is C8H7F2N5. The zero-order valence-corrected chi connectivity index (χ0v) is 7.56. The highest BCUT2D eigenvalue weighted by atomic mass is 19.2. The molecule has 2 N–H and O–H groups in total. The molecule has 15 heavy (non-hydrogen) atoms. The Morgan fingerprint density at radius 3 is 2.73 bits per heavy atom. The van der Waals surface area contributed by atoms with Crippen molar-refractivity contribution in [3.8, 4) is 5.69 Å². The average molecular weight is 211 g/mol. The molecule has 0 bridgehead atoms. The maximum absolute atomic E-state index is 12.9. The molecule has 0 unspecified atom stereocenters. The number of hydrogen-bond donors (Lipinski definition) is 1. The van der Waals surface area contributed by atoms with Gasteiger partial charge in [0.1, 0.15) is 0 Å². The number of aromatic nitrogens is 4. The molecule has 0 fully saturated rings. The molecule has 0 spiro atoms. The first-order valence-electron chi connectivity index (χ1n) is 4.15. The SMILES string of the molecule is NCc1nnnn1-c1ccc(F)c(F)c1. The van der Waals surface area contributed by atoms with Crippen LogP contribution in [0.5, 0.6) is 0 Å². The van der Waals surface area contributed by atoms with Crippen molar-refractivity contribution in [3.05, 3.63) is 35.7 Å². The highest BCUT2D eigenvalue weighted by molar-refractivity contribution is 5.32. The second-order valence-electron chi connectivity index (χ2n) is 2.81. The molecule has 1 heterocycles. The van der Waals surface area contributed by atoms with Crippen molar-refractivity contribution >= 4 is 0 Å². The summed E-state index contributed by atoms with van der Waals surface area (Å²) >= 11 is 0. The number of tetrazole rings is 1. The molecular weight excluding hydrogens is 204 g/mol. The van der Waals surface area contributed by atoms with Crippen molar-refractivity contribution in [1.29, 1.82) is 0 Å². The van der Waals surface area contributed by atoms with E-state index in [1.165, 1.54) is 10.7 Å². The van der Waals surface area contributed by atoms with Gasteiger partial charge in [-0.2, -0.15) is 4.68 Å². The molecule has 2 rings (SSSR count). The van der Waals surface area contributed by atoms with Gasteiger partial charge in [-0.3, -0.25) is 0 Å². The van der Waals surface area contributed by atoms with E-state index in [9.17, 15) is 8.78 Å². The number of rotatable bonds is 2. The lowest BCUT2D eigenvalue weighted by Crippen LogP contribution is -2.08. The van der Waals surface area contributed by atoms with Gasteiger partial charge in [-0.15, -0.1) is 5.10 Å². The molecule has 2 aromatic rings. The Kier molecular flexibility index (Phi) is 2.38. The van der Waals surface area contributed by atoms with Crippen LogP contribution < -0.4 is 5.73 Å². The smallest absolute Gasteiger partial charge is 0.170 e. The van der Waals surface area contributed by atoms with Gasteiger partial charge in [-0.25, -0.2) is 8.78 Å². The Labute approximate surface area is 83.5 Å². The summed E-state index contributed by atoms with van der Waals surface area (Å²) in [4.78, 5) is 0. The van der Waals surface area contributed by atoms with Crippen LogP contribution in [0.4, 0.5) is 8.78 Å². The highest BCUT2D eigenvalue weighted by Gasteiger charge is 2.09. The third-order valence-electron chi connectivity index (χ3n) is 1.86. The van der Waals surface area contributed by atoms with E-state index in [1.807, 2.05) is 0 Å². The van der Waals surface area contributed by atoms with Gasteiger partial charge in [-0.1, -0.05) is 0 Å². The predicted octanol–water partition coefficient (Wildman–Crippen LogP) is 0.399. The van der Waals surface area contributed by atoms with E-state index in [0.717, 1.165) is 12.1 Å². The second-order valence-corrected chi connectivity index (χ2v) is 2.81. The fraction of sp³-hybridized carbons (Fsp3) is 0.125. The fourth-order valence-electron chi connectivity index (χ4n) is 1.15. The number of nitrogens with two attached hydrogens (primary N) is 1. The van der Waals surface area contributed by atoms with E-state index in [2.05, 4.69) is 15.5 Å². The van der Waals surface area contributed by atoms with Gasteiger partial charge in [0.25, 0.3) is 0 Å². The molecule has 0 amide bonds. The Morgan fingerprint density at radius 1 is 1.27 bits per heavy atom. The molecule has 78 valence electrons. The third kappa shape index (κ3) is 1.68. The van der Waals surface area contributed by atoms with Crippen LogP contribution in [-0.4, -0.2) is 20.2 Å². The fourth-order valence-corrected chi connectivity index (χ4v) is 1.15. The van der Waals surface area contributed by atoms with Crippen LogP contribution in [0.1, 0.15) is 5.82 Å². The predicted molar refractivity (Wildman–Crippen MR) is 47.0 cm³/mol. The Bertz CT molecular complexity index is 482. The van der Waals surface area contributed by atoms with Crippen molar-refractivity contribution in [1.82, 2.24) is 20.2 Å². The van der Waals surface area contributed by atoms with Crippen LogP contribution in [0, 0.1) is 11.6 Å². The van der Waals surface area contributed by atoms with Crippen LogP contribution in [0.3, 0.4) is 0 Å². The van der Waals surface area contributed by atoms with Gasteiger partial charge < -0.3 is 5.73 Å². The van der Waals surface area contributed by atoms with Crippen molar-refractivity contribution in [2.75, 3.05) is 0 Å². The lowest BCUT2D eigenvalue weighted by atomic mass is 10.3. The molecule has 0 aliphatic carbocycles. The molecule has 0 saturated heterocycles. The van der Waals surface area contributed by atoms with Gasteiger partial charge in [0.2, 0.25) is 0 Å². The number of nitrogens with zero attached hydrogens (tertiary/aromatic N) is 4. The van der Waals surface area contributed by atoms with Crippen LogP contribution in [0.2, 0.25) is 0 Å². The summed E-state index contributed by atoms with van der Waals surface area (Å²) in [7, 11) is 0. The molecule has 0 aliphatic rings. The maximum atomic E-state index is 12.9. The monoisotopic (exact) mass is 211 g/mol. The van der Waals surface area contributed by atoms with Gasteiger partial charge in [0.15, 0.2) is 17.5 Å². The van der Waals surface area contributed by atoms with Gasteiger partial charge in [-0.05, 0) is 22.6 Å². The molecule has 0 saturated carbocycles. The highest BCUT2D eigenvalue weighted by Crippen LogP contribution is 2.12. The Balaban J connectivity index is 2.50. The van der Waals surface area contributed by atoms with Crippen LogP contribution in [-0.2, 0) is 6.54 Å². The second kappa shape index (κ2) is 3.70. The van der Waals surface area contributed by atoms with Crippen LogP contribution in [0.15, 0.2) is 18.2 Å². The summed E-state index contributed by atoms with van der Waals surface area (Å²) in [6, 6.07) is 3.38. The Hall–Kier alpha value is -1.89. The Morgan fingerprint density at radius 2 is 2.07 bits per heavy atom. The summed E-state index contributed by atoms with van der Waals surface area (Å²) in [6.45, 7) is 0.117. The molecule has 0 atom stereocenters. The molecule has 5 nitrogen and oxygen atoms in total. The van der Waals surface area contributed by atoms with Gasteiger partial charge in [0.05, 0.1) is 12.2 Å². The van der Waals surface area contributed by atoms with E-state index < -0.39 is 11.6 Å². The summed E-state index contributed by atoms with van der Waals surface area (Å²) in [5.74, 6) is -1.49. The van der Waals surface area contributed by atoms with E-state index in [1.54, 1.807) is 0 Å². The topological polar surface area (TPSA) is 69.6 Å². The van der Waals surface area contributed by atoms with Crippen LogP contribution >= 0.6 is 0 Å². The average Bonchev–Trinajstić information content (AvgIpc) is 2.70. The number of halogens is 2. The van der Waals surface area contributed by atoms with Crippen molar-refractivity contribution in [2.45, 2.75) is 6.54 Å². The molecule has 0 radical (unpaired) electrons. The first-order chi connectivity index (χ1) is 7.22. The van der Waals surface area contributed by atoms with Gasteiger partial charge >= 0.3 is 0 Å². The van der Waals surface area contributed by atoms with E-state index in [-0.39, 0.29) is 6.54 Å². The van der Waals surface area contributed by atoms with E-state index >= 15 is 0 Å². The van der Waals surface area contributed by atoms with E-state index in [0.29, 0.717) is 11.5 Å². The maximum Gasteiger partial charge on any atom is 0.170 e.